The zero-order chi connectivity index (χ0) is 21.2. The average Bonchev–Trinajstić information content (AvgIpc) is 2.78. The molecule has 1 aliphatic heterocycles. The third-order valence-electron chi connectivity index (χ3n) is 6.34. The number of aromatic nitrogens is 3. The highest BCUT2D eigenvalue weighted by Crippen LogP contribution is 2.34. The lowest BCUT2D eigenvalue weighted by Gasteiger charge is -2.36. The highest BCUT2D eigenvalue weighted by molar-refractivity contribution is 5.80. The Labute approximate surface area is 181 Å². The van der Waals surface area contributed by atoms with Crippen molar-refractivity contribution in [2.75, 3.05) is 18.4 Å². The van der Waals surface area contributed by atoms with Crippen LogP contribution in [0.5, 0.6) is 5.88 Å². The summed E-state index contributed by atoms with van der Waals surface area (Å²) in [6.45, 7) is 3.17. The zero-order valence-electron chi connectivity index (χ0n) is 17.7. The highest BCUT2D eigenvalue weighted by atomic mass is 16.5. The predicted molar refractivity (Wildman–Crippen MR) is 119 cm³/mol. The largest absolute Gasteiger partial charge is 0.473 e. The van der Waals surface area contributed by atoms with Crippen molar-refractivity contribution in [2.45, 2.75) is 50.7 Å². The fourth-order valence-corrected chi connectivity index (χ4v) is 4.47. The molecule has 0 atom stereocenters. The lowest BCUT2D eigenvalue weighted by Crippen LogP contribution is -2.43. The molecule has 0 spiro atoms. The van der Waals surface area contributed by atoms with Gasteiger partial charge >= 0.3 is 0 Å². The number of carbonyl (C=O) groups excluding carboxylic acids is 1. The number of ether oxygens (including phenoxy) is 1. The lowest BCUT2D eigenvalue weighted by molar-refractivity contribution is -0.129. The summed E-state index contributed by atoms with van der Waals surface area (Å²) in [5.41, 5.74) is 1.93. The van der Waals surface area contributed by atoms with Gasteiger partial charge in [-0.1, -0.05) is 18.2 Å². The van der Waals surface area contributed by atoms with Crippen molar-refractivity contribution in [3.8, 4) is 5.88 Å². The van der Waals surface area contributed by atoms with E-state index < -0.39 is 0 Å². The van der Waals surface area contributed by atoms with Crippen LogP contribution in [0.25, 0.3) is 10.9 Å². The minimum Gasteiger partial charge on any atom is -0.473 e. The summed E-state index contributed by atoms with van der Waals surface area (Å²) in [5.74, 6) is 1.98. The fraction of sp³-hybridized carbons (Fsp3) is 0.417. The number of rotatable bonds is 5. The summed E-state index contributed by atoms with van der Waals surface area (Å²) in [5, 5.41) is 4.66. The first-order valence-electron chi connectivity index (χ1n) is 11.0. The van der Waals surface area contributed by atoms with Crippen LogP contribution in [0.4, 0.5) is 5.82 Å². The first kappa shape index (κ1) is 19.7. The van der Waals surface area contributed by atoms with Gasteiger partial charge in [0.25, 0.3) is 0 Å². The minimum atomic E-state index is 0.130. The first-order chi connectivity index (χ1) is 15.2. The maximum atomic E-state index is 11.6. The van der Waals surface area contributed by atoms with Crippen LogP contribution >= 0.6 is 0 Å². The van der Waals surface area contributed by atoms with Crippen molar-refractivity contribution >= 4 is 22.6 Å². The van der Waals surface area contributed by atoms with E-state index in [-0.39, 0.29) is 17.9 Å². The Bertz CT molecular complexity index is 1070. The van der Waals surface area contributed by atoms with Crippen LogP contribution in [-0.2, 0) is 4.79 Å². The number of hydrogen-bond donors (Lipinski definition) is 1. The molecule has 5 rings (SSSR count). The number of nitrogens with zero attached hydrogens (tertiary/aromatic N) is 4. The number of fused-ring (bicyclic) bond motifs is 1. The monoisotopic (exact) mass is 417 g/mol. The molecular weight excluding hydrogens is 390 g/mol. The summed E-state index contributed by atoms with van der Waals surface area (Å²) in [7, 11) is 0. The Morgan fingerprint density at radius 2 is 1.84 bits per heavy atom. The number of hydrogen-bond acceptors (Lipinski definition) is 6. The SMILES string of the molecule is CC(=O)N1CCC(c2nccnc2O[C@H]2C[C@@H](Nc3ccc4ccccc4n3)C2)CC1. The maximum Gasteiger partial charge on any atom is 0.236 e. The summed E-state index contributed by atoms with van der Waals surface area (Å²) in [6, 6.07) is 12.6. The van der Waals surface area contributed by atoms with E-state index in [0.717, 1.165) is 61.2 Å². The maximum absolute atomic E-state index is 11.6. The van der Waals surface area contributed by atoms with Crippen LogP contribution in [0.1, 0.15) is 44.2 Å². The second-order valence-electron chi connectivity index (χ2n) is 8.47. The van der Waals surface area contributed by atoms with Gasteiger partial charge < -0.3 is 15.0 Å². The van der Waals surface area contributed by atoms with Crippen molar-refractivity contribution in [1.29, 1.82) is 0 Å². The predicted octanol–water partition coefficient (Wildman–Crippen LogP) is 3.77. The lowest BCUT2D eigenvalue weighted by atomic mass is 9.89. The summed E-state index contributed by atoms with van der Waals surface area (Å²) in [4.78, 5) is 27.2. The van der Waals surface area contributed by atoms with Crippen LogP contribution < -0.4 is 10.1 Å². The number of para-hydroxylation sites is 1. The second-order valence-corrected chi connectivity index (χ2v) is 8.47. The first-order valence-corrected chi connectivity index (χ1v) is 11.0. The van der Waals surface area contributed by atoms with E-state index in [0.29, 0.717) is 11.9 Å². The number of piperidine rings is 1. The smallest absolute Gasteiger partial charge is 0.236 e. The third-order valence-corrected chi connectivity index (χ3v) is 6.34. The van der Waals surface area contributed by atoms with E-state index in [1.165, 1.54) is 0 Å². The van der Waals surface area contributed by atoms with Crippen LogP contribution in [0.3, 0.4) is 0 Å². The van der Waals surface area contributed by atoms with Gasteiger partial charge in [-0.3, -0.25) is 9.78 Å². The number of likely N-dealkylation sites (tertiary alicyclic amines) is 1. The molecule has 2 aromatic heterocycles. The molecular formula is C24H27N5O2. The van der Waals surface area contributed by atoms with Crippen molar-refractivity contribution in [1.82, 2.24) is 19.9 Å². The topological polar surface area (TPSA) is 80.2 Å². The molecule has 7 heteroatoms. The molecule has 31 heavy (non-hydrogen) atoms. The molecule has 1 aliphatic carbocycles. The zero-order valence-corrected chi connectivity index (χ0v) is 17.7. The van der Waals surface area contributed by atoms with Gasteiger partial charge in [-0.25, -0.2) is 9.97 Å². The Kier molecular flexibility index (Phi) is 5.40. The van der Waals surface area contributed by atoms with Crippen LogP contribution in [0.2, 0.25) is 0 Å². The standard InChI is InChI=1S/C24H27N5O2/c1-16(30)29-12-8-18(9-13-29)23-24(26-11-10-25-23)31-20-14-19(15-20)27-22-7-6-17-4-2-3-5-21(17)28-22/h2-7,10-11,18-20H,8-9,12-15H2,1H3,(H,27,28)/t19-,20+. The van der Waals surface area contributed by atoms with Crippen LogP contribution in [-0.4, -0.2) is 51.0 Å². The normalized spacial score (nSPS) is 21.5. The molecule has 160 valence electrons. The molecule has 3 aromatic rings. The molecule has 1 saturated heterocycles. The summed E-state index contributed by atoms with van der Waals surface area (Å²) >= 11 is 0. The van der Waals surface area contributed by atoms with Gasteiger partial charge in [0.05, 0.1) is 5.52 Å². The van der Waals surface area contributed by atoms with Gasteiger partial charge in [0.2, 0.25) is 11.8 Å². The van der Waals surface area contributed by atoms with E-state index in [1.807, 2.05) is 29.2 Å². The molecule has 3 heterocycles. The molecule has 2 fully saturated rings. The van der Waals surface area contributed by atoms with E-state index in [2.05, 4.69) is 27.4 Å². The minimum absolute atomic E-state index is 0.130. The van der Waals surface area contributed by atoms with Gasteiger partial charge in [-0.2, -0.15) is 0 Å². The summed E-state index contributed by atoms with van der Waals surface area (Å²) in [6.07, 6.45) is 7.17. The number of carbonyl (C=O) groups is 1. The van der Waals surface area contributed by atoms with Crippen LogP contribution in [0, 0.1) is 0 Å². The van der Waals surface area contributed by atoms with Crippen molar-refractivity contribution in [3.05, 3.63) is 54.5 Å². The average molecular weight is 418 g/mol. The van der Waals surface area contributed by atoms with Crippen molar-refractivity contribution in [3.63, 3.8) is 0 Å². The molecule has 1 N–H and O–H groups in total. The number of benzene rings is 1. The molecule has 0 unspecified atom stereocenters. The molecule has 1 aromatic carbocycles. The van der Waals surface area contributed by atoms with Gasteiger partial charge in [-0.05, 0) is 31.0 Å². The Balaban J connectivity index is 1.17. The van der Waals surface area contributed by atoms with E-state index in [9.17, 15) is 4.79 Å². The molecule has 1 amide bonds. The molecule has 0 bridgehead atoms. The van der Waals surface area contributed by atoms with E-state index >= 15 is 0 Å². The second kappa shape index (κ2) is 8.49. The molecule has 1 saturated carbocycles. The van der Waals surface area contributed by atoms with Crippen molar-refractivity contribution < 1.29 is 9.53 Å². The third kappa shape index (κ3) is 4.31. The number of nitrogens with one attached hydrogen (secondary N) is 1. The van der Waals surface area contributed by atoms with Gasteiger partial charge in [0, 0.05) is 62.6 Å². The number of amides is 1. The molecule has 7 nitrogen and oxygen atoms in total. The van der Waals surface area contributed by atoms with Crippen molar-refractivity contribution in [2.24, 2.45) is 0 Å². The molecule has 0 radical (unpaired) electrons. The van der Waals surface area contributed by atoms with Gasteiger partial charge in [0.15, 0.2) is 0 Å². The summed E-state index contributed by atoms with van der Waals surface area (Å²) < 4.78 is 6.23. The van der Waals surface area contributed by atoms with Gasteiger partial charge in [0.1, 0.15) is 17.6 Å². The van der Waals surface area contributed by atoms with Crippen LogP contribution in [0.15, 0.2) is 48.8 Å². The quantitative estimate of drug-likeness (QED) is 0.681. The Morgan fingerprint density at radius 1 is 1.06 bits per heavy atom. The number of pyridine rings is 1. The highest BCUT2D eigenvalue weighted by Gasteiger charge is 2.33. The van der Waals surface area contributed by atoms with Gasteiger partial charge in [-0.15, -0.1) is 0 Å². The van der Waals surface area contributed by atoms with E-state index in [4.69, 9.17) is 9.72 Å². The molecule has 2 aliphatic rings. The van der Waals surface area contributed by atoms with E-state index in [1.54, 1.807) is 19.3 Å². The Morgan fingerprint density at radius 3 is 2.65 bits per heavy atom. The number of anilines is 1. The Hall–Kier alpha value is -3.22. The fourth-order valence-electron chi connectivity index (χ4n) is 4.47.